The van der Waals surface area contributed by atoms with E-state index >= 15 is 0 Å². The highest BCUT2D eigenvalue weighted by molar-refractivity contribution is 6.14. The fourth-order valence-electron chi connectivity index (χ4n) is 11.8. The summed E-state index contributed by atoms with van der Waals surface area (Å²) in [6, 6.07) is 85.7. The molecule has 330 valence electrons. The molecule has 0 bridgehead atoms. The van der Waals surface area contributed by atoms with Gasteiger partial charge < -0.3 is 22.5 Å². The fourth-order valence-corrected chi connectivity index (χ4v) is 11.8. The van der Waals surface area contributed by atoms with Crippen molar-refractivity contribution in [1.82, 2.24) is 13.7 Å². The zero-order valence-electron chi connectivity index (χ0n) is 38.2. The van der Waals surface area contributed by atoms with Crippen LogP contribution in [0.4, 0.5) is 0 Å². The van der Waals surface area contributed by atoms with Gasteiger partial charge in [-0.1, -0.05) is 121 Å². The highest BCUT2D eigenvalue weighted by Crippen LogP contribution is 2.42. The second-order valence-corrected chi connectivity index (χ2v) is 18.9. The molecule has 0 fully saturated rings. The van der Waals surface area contributed by atoms with Crippen molar-refractivity contribution in [3.05, 3.63) is 237 Å². The van der Waals surface area contributed by atoms with E-state index < -0.39 is 0 Å². The van der Waals surface area contributed by atoms with Crippen LogP contribution in [0.1, 0.15) is 0 Å². The molecule has 0 spiro atoms. The number of fused-ring (bicyclic) bond motifs is 15. The average molecular weight is 906 g/mol. The van der Waals surface area contributed by atoms with Gasteiger partial charge in [-0.3, -0.25) is 0 Å². The molecule has 5 aromatic heterocycles. The third-order valence-electron chi connectivity index (χ3n) is 15.0. The highest BCUT2D eigenvalue weighted by Gasteiger charge is 2.19. The monoisotopic (exact) mass is 905 g/mol. The van der Waals surface area contributed by atoms with Crippen molar-refractivity contribution in [2.24, 2.45) is 0 Å². The van der Waals surface area contributed by atoms with E-state index in [1.807, 2.05) is 0 Å². The van der Waals surface area contributed by atoms with Crippen LogP contribution in [-0.4, -0.2) is 13.7 Å². The van der Waals surface area contributed by atoms with Crippen LogP contribution in [0.2, 0.25) is 0 Å². The first kappa shape index (κ1) is 38.4. The molecule has 0 amide bonds. The zero-order valence-corrected chi connectivity index (χ0v) is 38.2. The summed E-state index contributed by atoms with van der Waals surface area (Å²) >= 11 is 0. The Kier molecular flexibility index (Phi) is 7.82. The number of para-hydroxylation sites is 6. The van der Waals surface area contributed by atoms with E-state index in [0.29, 0.717) is 0 Å². The normalized spacial score (nSPS) is 12.2. The summed E-state index contributed by atoms with van der Waals surface area (Å²) in [6.07, 6.45) is 0. The van der Waals surface area contributed by atoms with E-state index in [1.54, 1.807) is 0 Å². The van der Waals surface area contributed by atoms with Crippen LogP contribution in [-0.2, 0) is 0 Å². The average Bonchev–Trinajstić information content (AvgIpc) is 4.24. The predicted molar refractivity (Wildman–Crippen MR) is 295 cm³/mol. The van der Waals surface area contributed by atoms with Gasteiger partial charge in [0.2, 0.25) is 0 Å². The van der Waals surface area contributed by atoms with Crippen molar-refractivity contribution in [1.29, 1.82) is 0 Å². The third kappa shape index (κ3) is 5.57. The Morgan fingerprint density at radius 1 is 0.197 bits per heavy atom. The van der Waals surface area contributed by atoms with E-state index in [2.05, 4.69) is 250 Å². The van der Waals surface area contributed by atoms with Crippen molar-refractivity contribution in [3.63, 3.8) is 0 Å². The molecule has 5 heterocycles. The molecule has 0 unspecified atom stereocenters. The van der Waals surface area contributed by atoms with Crippen LogP contribution in [0.25, 0.3) is 149 Å². The molecule has 11 aromatic carbocycles. The number of hydrogen-bond acceptors (Lipinski definition) is 2. The maximum atomic E-state index is 6.58. The van der Waals surface area contributed by atoms with Crippen LogP contribution in [0.15, 0.2) is 245 Å². The minimum absolute atomic E-state index is 0.861. The van der Waals surface area contributed by atoms with E-state index in [4.69, 9.17) is 8.83 Å². The number of nitrogens with zero attached hydrogens (tertiary/aromatic N) is 3. The van der Waals surface area contributed by atoms with Crippen molar-refractivity contribution in [2.75, 3.05) is 0 Å². The molecular formula is C66H39N3O2. The van der Waals surface area contributed by atoms with Crippen molar-refractivity contribution in [3.8, 4) is 39.3 Å². The molecule has 0 N–H and O–H groups in total. The van der Waals surface area contributed by atoms with Crippen LogP contribution < -0.4 is 0 Å². The largest absolute Gasteiger partial charge is 0.456 e. The molecule has 5 nitrogen and oxygen atoms in total. The van der Waals surface area contributed by atoms with Gasteiger partial charge in [0, 0.05) is 70.9 Å². The first-order chi connectivity index (χ1) is 35.2. The van der Waals surface area contributed by atoms with Gasteiger partial charge in [-0.25, -0.2) is 0 Å². The Hall–Kier alpha value is -9.58. The van der Waals surface area contributed by atoms with Gasteiger partial charge in [0.25, 0.3) is 0 Å². The molecule has 0 saturated heterocycles. The Morgan fingerprint density at radius 3 is 0.817 bits per heavy atom. The first-order valence-corrected chi connectivity index (χ1v) is 24.2. The second-order valence-electron chi connectivity index (χ2n) is 18.9. The summed E-state index contributed by atoms with van der Waals surface area (Å²) in [5, 5.41) is 11.7. The smallest absolute Gasteiger partial charge is 0.135 e. The molecule has 71 heavy (non-hydrogen) atoms. The van der Waals surface area contributed by atoms with Crippen molar-refractivity contribution >= 4 is 109 Å². The van der Waals surface area contributed by atoms with Gasteiger partial charge in [-0.15, -0.1) is 0 Å². The van der Waals surface area contributed by atoms with Gasteiger partial charge >= 0.3 is 0 Å². The Morgan fingerprint density at radius 2 is 0.479 bits per heavy atom. The second kappa shape index (κ2) is 14.5. The lowest BCUT2D eigenvalue weighted by atomic mass is 9.96. The molecule has 5 heteroatoms. The Balaban J connectivity index is 0.899. The topological polar surface area (TPSA) is 41.1 Å². The summed E-state index contributed by atoms with van der Waals surface area (Å²) in [5.74, 6) is 0. The molecule has 0 aliphatic heterocycles. The van der Waals surface area contributed by atoms with Crippen LogP contribution >= 0.6 is 0 Å². The zero-order chi connectivity index (χ0) is 46.3. The molecule has 16 aromatic rings. The Labute approximate surface area is 405 Å². The fraction of sp³-hybridized carbons (Fsp3) is 0. The quantitative estimate of drug-likeness (QED) is 0.173. The minimum Gasteiger partial charge on any atom is -0.456 e. The van der Waals surface area contributed by atoms with E-state index in [9.17, 15) is 0 Å². The van der Waals surface area contributed by atoms with E-state index in [0.717, 1.165) is 83.2 Å². The van der Waals surface area contributed by atoms with E-state index in [1.165, 1.54) is 65.4 Å². The van der Waals surface area contributed by atoms with Gasteiger partial charge in [0.1, 0.15) is 22.3 Å². The molecule has 0 aliphatic rings. The number of rotatable bonds is 5. The van der Waals surface area contributed by atoms with Crippen molar-refractivity contribution < 1.29 is 8.83 Å². The van der Waals surface area contributed by atoms with E-state index in [-0.39, 0.29) is 0 Å². The summed E-state index contributed by atoms with van der Waals surface area (Å²) < 4.78 is 20.3. The Bertz CT molecular complexity index is 4490. The van der Waals surface area contributed by atoms with Gasteiger partial charge in [0.15, 0.2) is 0 Å². The van der Waals surface area contributed by atoms with Gasteiger partial charge in [0.05, 0.1) is 33.1 Å². The molecule has 0 radical (unpaired) electrons. The summed E-state index contributed by atoms with van der Waals surface area (Å²) in [6.45, 7) is 0. The lowest BCUT2D eigenvalue weighted by Gasteiger charge is -2.14. The van der Waals surface area contributed by atoms with Gasteiger partial charge in [-0.2, -0.15) is 0 Å². The SMILES string of the molecule is c1ccc2c(c1)c1ccccc1n2-c1cc(-c2ccc3oc4ccc(-n5c6ccccc6c6ccccc65)cc4c3c2)cc(-c2ccc3oc4ccc(-n5c6ccccc6c6ccccc65)cc4c3c2)c1. The maximum Gasteiger partial charge on any atom is 0.135 e. The number of aromatic nitrogens is 3. The molecule has 0 atom stereocenters. The summed E-state index contributed by atoms with van der Waals surface area (Å²) in [7, 11) is 0. The maximum absolute atomic E-state index is 6.58. The highest BCUT2D eigenvalue weighted by atomic mass is 16.3. The van der Waals surface area contributed by atoms with Crippen LogP contribution in [0, 0.1) is 0 Å². The summed E-state index contributed by atoms with van der Waals surface area (Å²) in [4.78, 5) is 0. The molecule has 0 aliphatic carbocycles. The lowest BCUT2D eigenvalue weighted by Crippen LogP contribution is -1.96. The first-order valence-electron chi connectivity index (χ1n) is 24.2. The molecular weight excluding hydrogens is 867 g/mol. The predicted octanol–water partition coefficient (Wildman–Crippen LogP) is 18.1. The number of benzene rings is 11. The van der Waals surface area contributed by atoms with Crippen LogP contribution in [0.3, 0.4) is 0 Å². The summed E-state index contributed by atoms with van der Waals surface area (Å²) in [5.41, 5.74) is 18.2. The van der Waals surface area contributed by atoms with Crippen LogP contribution in [0.5, 0.6) is 0 Å². The minimum atomic E-state index is 0.861. The lowest BCUT2D eigenvalue weighted by molar-refractivity contribution is 0.668. The van der Waals surface area contributed by atoms with Crippen molar-refractivity contribution in [2.45, 2.75) is 0 Å². The standard InChI is InChI=1S/C66H39N3O2/c1-7-19-57-47(13-1)48-14-2-8-20-58(48)67(57)44-27-31-65-55(38-44)53-36-40(25-29-63(53)70-65)42-33-43(35-46(34-42)69-61-23-11-5-17-51(61)52-18-6-12-24-62(52)69)41-26-30-64-54(37-41)56-39-45(28-32-66(56)71-64)68-59-21-9-3-15-49(59)50-16-4-10-22-60(50)68/h1-39H. The third-order valence-corrected chi connectivity index (χ3v) is 15.0. The molecule has 0 saturated carbocycles. The molecule has 16 rings (SSSR count). The number of hydrogen-bond donors (Lipinski definition) is 0. The number of furan rings is 2. The van der Waals surface area contributed by atoms with Gasteiger partial charge in [-0.05, 0) is 138 Å².